The number of aryl methyl sites for hydroxylation is 1. The Bertz CT molecular complexity index is 599. The Labute approximate surface area is 119 Å². The third kappa shape index (κ3) is 2.96. The zero-order valence-corrected chi connectivity index (χ0v) is 11.6. The summed E-state index contributed by atoms with van der Waals surface area (Å²) in [5.41, 5.74) is 5.72. The van der Waals surface area contributed by atoms with Crippen LogP contribution in [-0.4, -0.2) is 51.5 Å². The molecule has 2 aromatic rings. The maximum absolute atomic E-state index is 5.72. The quantitative estimate of drug-likeness (QED) is 0.837. The molecule has 0 saturated carbocycles. The summed E-state index contributed by atoms with van der Waals surface area (Å²) in [5.74, 6) is 1.20. The molecule has 1 aliphatic rings. The van der Waals surface area contributed by atoms with Crippen LogP contribution in [-0.2, 0) is 4.74 Å². The van der Waals surface area contributed by atoms with Crippen LogP contribution < -0.4 is 10.6 Å². The number of nitrogens with two attached hydrogens (primary N) is 1. The first-order valence-corrected chi connectivity index (χ1v) is 6.84. The average molecular weight is 295 g/mol. The number of nitrogen functional groups attached to an aromatic ring is 1. The summed E-state index contributed by atoms with van der Waals surface area (Å²) < 4.78 is 10.6. The topological polar surface area (TPSA) is 116 Å². The molecule has 0 atom stereocenters. The Morgan fingerprint density at radius 3 is 2.65 bits per heavy atom. The van der Waals surface area contributed by atoms with E-state index in [-0.39, 0.29) is 5.95 Å². The van der Waals surface area contributed by atoms with Crippen molar-refractivity contribution >= 4 is 23.7 Å². The molecule has 0 bridgehead atoms. The summed E-state index contributed by atoms with van der Waals surface area (Å²) in [5, 5.41) is 8.44. The van der Waals surface area contributed by atoms with E-state index < -0.39 is 0 Å². The lowest BCUT2D eigenvalue weighted by Gasteiger charge is -2.26. The molecule has 3 heterocycles. The van der Waals surface area contributed by atoms with Crippen LogP contribution in [0.15, 0.2) is 14.8 Å². The number of morpholine rings is 1. The SMILES string of the molecule is Cc1nnc(Sc2nc(N)nc(N3CCOCC3)n2)o1. The standard InChI is InChI=1S/C10H13N7O2S/c1-6-15-16-10(19-6)20-9-13-7(11)12-8(14-9)17-2-4-18-5-3-17/h2-5H2,1H3,(H2,11,12,13,14). The summed E-state index contributed by atoms with van der Waals surface area (Å²) in [6, 6.07) is 0. The number of aromatic nitrogens is 5. The van der Waals surface area contributed by atoms with Gasteiger partial charge in [-0.15, -0.1) is 10.2 Å². The van der Waals surface area contributed by atoms with Gasteiger partial charge in [0, 0.05) is 31.8 Å². The molecule has 106 valence electrons. The van der Waals surface area contributed by atoms with E-state index in [9.17, 15) is 0 Å². The molecule has 10 heteroatoms. The fraction of sp³-hybridized carbons (Fsp3) is 0.500. The number of ether oxygens (including phenoxy) is 1. The molecule has 3 rings (SSSR count). The van der Waals surface area contributed by atoms with Gasteiger partial charge < -0.3 is 19.8 Å². The van der Waals surface area contributed by atoms with Gasteiger partial charge in [0.15, 0.2) is 0 Å². The van der Waals surface area contributed by atoms with Crippen LogP contribution in [0.3, 0.4) is 0 Å². The molecule has 1 saturated heterocycles. The highest BCUT2D eigenvalue weighted by Crippen LogP contribution is 2.25. The Hall–Kier alpha value is -1.94. The number of anilines is 2. The van der Waals surface area contributed by atoms with Crippen molar-refractivity contribution in [2.75, 3.05) is 36.9 Å². The highest BCUT2D eigenvalue weighted by atomic mass is 32.2. The van der Waals surface area contributed by atoms with E-state index >= 15 is 0 Å². The molecule has 0 spiro atoms. The van der Waals surface area contributed by atoms with Crippen molar-refractivity contribution in [2.45, 2.75) is 17.3 Å². The summed E-state index contributed by atoms with van der Waals surface area (Å²) in [6.45, 7) is 4.48. The largest absolute Gasteiger partial charge is 0.416 e. The Morgan fingerprint density at radius 2 is 1.95 bits per heavy atom. The third-order valence-electron chi connectivity index (χ3n) is 2.60. The predicted octanol–water partition coefficient (Wildman–Crippen LogP) is 0.133. The maximum atomic E-state index is 5.72. The van der Waals surface area contributed by atoms with E-state index in [0.717, 1.165) is 24.9 Å². The summed E-state index contributed by atoms with van der Waals surface area (Å²) in [7, 11) is 0. The Balaban J connectivity index is 1.82. The van der Waals surface area contributed by atoms with E-state index in [1.54, 1.807) is 6.92 Å². The first-order valence-electron chi connectivity index (χ1n) is 6.03. The van der Waals surface area contributed by atoms with Crippen LogP contribution in [0.5, 0.6) is 0 Å². The summed E-state index contributed by atoms with van der Waals surface area (Å²) >= 11 is 1.16. The van der Waals surface area contributed by atoms with Crippen molar-refractivity contribution in [1.82, 2.24) is 25.1 Å². The number of hydrogen-bond donors (Lipinski definition) is 1. The van der Waals surface area contributed by atoms with Gasteiger partial charge in [-0.25, -0.2) is 0 Å². The van der Waals surface area contributed by atoms with Crippen molar-refractivity contribution < 1.29 is 9.15 Å². The fourth-order valence-corrected chi connectivity index (χ4v) is 2.38. The van der Waals surface area contributed by atoms with Gasteiger partial charge in [0.2, 0.25) is 22.9 Å². The van der Waals surface area contributed by atoms with Gasteiger partial charge in [0.05, 0.1) is 13.2 Å². The highest BCUT2D eigenvalue weighted by Gasteiger charge is 2.17. The highest BCUT2D eigenvalue weighted by molar-refractivity contribution is 7.98. The number of rotatable bonds is 3. The lowest BCUT2D eigenvalue weighted by Crippen LogP contribution is -2.37. The third-order valence-corrected chi connectivity index (χ3v) is 3.31. The molecule has 1 aliphatic heterocycles. The number of nitrogens with zero attached hydrogens (tertiary/aromatic N) is 6. The molecule has 0 aromatic carbocycles. The van der Waals surface area contributed by atoms with Crippen LogP contribution >= 0.6 is 11.8 Å². The molecule has 0 unspecified atom stereocenters. The lowest BCUT2D eigenvalue weighted by atomic mass is 10.4. The lowest BCUT2D eigenvalue weighted by molar-refractivity contribution is 0.122. The van der Waals surface area contributed by atoms with E-state index in [1.807, 2.05) is 4.90 Å². The van der Waals surface area contributed by atoms with E-state index in [1.165, 1.54) is 0 Å². The van der Waals surface area contributed by atoms with Crippen LogP contribution in [0.4, 0.5) is 11.9 Å². The molecule has 0 aliphatic carbocycles. The van der Waals surface area contributed by atoms with Crippen molar-refractivity contribution in [3.05, 3.63) is 5.89 Å². The Kier molecular flexibility index (Phi) is 3.65. The normalized spacial score (nSPS) is 15.6. The first-order chi connectivity index (χ1) is 9.70. The number of hydrogen-bond acceptors (Lipinski definition) is 10. The molecule has 2 aromatic heterocycles. The molecular weight excluding hydrogens is 282 g/mol. The average Bonchev–Trinajstić information content (AvgIpc) is 2.84. The molecule has 0 amide bonds. The second-order valence-electron chi connectivity index (χ2n) is 4.06. The molecule has 2 N–H and O–H groups in total. The molecular formula is C10H13N7O2S. The van der Waals surface area contributed by atoms with Crippen LogP contribution in [0, 0.1) is 6.92 Å². The van der Waals surface area contributed by atoms with E-state index in [2.05, 4.69) is 25.1 Å². The van der Waals surface area contributed by atoms with Gasteiger partial charge in [-0.05, 0) is 0 Å². The van der Waals surface area contributed by atoms with E-state index in [0.29, 0.717) is 35.4 Å². The van der Waals surface area contributed by atoms with E-state index in [4.69, 9.17) is 14.9 Å². The minimum absolute atomic E-state index is 0.167. The van der Waals surface area contributed by atoms with Crippen LogP contribution in [0.25, 0.3) is 0 Å². The second kappa shape index (κ2) is 5.59. The van der Waals surface area contributed by atoms with Crippen LogP contribution in [0.2, 0.25) is 0 Å². The second-order valence-corrected chi connectivity index (χ2v) is 4.98. The first kappa shape index (κ1) is 13.1. The van der Waals surface area contributed by atoms with Gasteiger partial charge in [0.25, 0.3) is 5.22 Å². The van der Waals surface area contributed by atoms with Crippen molar-refractivity contribution in [3.8, 4) is 0 Å². The zero-order chi connectivity index (χ0) is 13.9. The smallest absolute Gasteiger partial charge is 0.284 e. The van der Waals surface area contributed by atoms with Crippen molar-refractivity contribution in [3.63, 3.8) is 0 Å². The minimum Gasteiger partial charge on any atom is -0.416 e. The zero-order valence-electron chi connectivity index (χ0n) is 10.8. The monoisotopic (exact) mass is 295 g/mol. The summed E-state index contributed by atoms with van der Waals surface area (Å²) in [6.07, 6.45) is 0. The molecule has 20 heavy (non-hydrogen) atoms. The maximum Gasteiger partial charge on any atom is 0.284 e. The van der Waals surface area contributed by atoms with Gasteiger partial charge in [-0.3, -0.25) is 0 Å². The van der Waals surface area contributed by atoms with Gasteiger partial charge in [-0.2, -0.15) is 15.0 Å². The molecule has 9 nitrogen and oxygen atoms in total. The van der Waals surface area contributed by atoms with Crippen LogP contribution in [0.1, 0.15) is 5.89 Å². The van der Waals surface area contributed by atoms with Gasteiger partial charge in [-0.1, -0.05) is 0 Å². The summed E-state index contributed by atoms with van der Waals surface area (Å²) in [4.78, 5) is 14.6. The molecule has 0 radical (unpaired) electrons. The minimum atomic E-state index is 0.167. The predicted molar refractivity (Wildman–Crippen MR) is 70.4 cm³/mol. The Morgan fingerprint density at radius 1 is 1.15 bits per heavy atom. The molecule has 1 fully saturated rings. The fourth-order valence-electron chi connectivity index (χ4n) is 1.71. The van der Waals surface area contributed by atoms with Crippen molar-refractivity contribution in [2.24, 2.45) is 0 Å². The van der Waals surface area contributed by atoms with Gasteiger partial charge >= 0.3 is 0 Å². The van der Waals surface area contributed by atoms with Crippen molar-refractivity contribution in [1.29, 1.82) is 0 Å². The van der Waals surface area contributed by atoms with Gasteiger partial charge in [0.1, 0.15) is 0 Å².